The van der Waals surface area contributed by atoms with E-state index in [1.165, 1.54) is 0 Å². The van der Waals surface area contributed by atoms with E-state index >= 15 is 0 Å². The number of hydrogen-bond acceptors (Lipinski definition) is 7. The summed E-state index contributed by atoms with van der Waals surface area (Å²) in [4.78, 5) is 13.4. The van der Waals surface area contributed by atoms with Crippen LogP contribution in [-0.2, 0) is 21.4 Å². The number of nitrogens with one attached hydrogen (secondary N) is 2. The van der Waals surface area contributed by atoms with Gasteiger partial charge in [0.05, 0.1) is 36.7 Å². The summed E-state index contributed by atoms with van der Waals surface area (Å²) in [6.07, 6.45) is 3.63. The number of aromatic nitrogens is 3. The molecule has 0 bridgehead atoms. The molecule has 0 radical (unpaired) electrons. The van der Waals surface area contributed by atoms with Gasteiger partial charge in [-0.1, -0.05) is 26.8 Å². The van der Waals surface area contributed by atoms with E-state index in [2.05, 4.69) is 46.4 Å². The molecule has 2 N–H and O–H groups in total. The zero-order valence-corrected chi connectivity index (χ0v) is 16.1. The minimum atomic E-state index is -0.0154. The molecule has 27 heavy (non-hydrogen) atoms. The van der Waals surface area contributed by atoms with Gasteiger partial charge in [0.2, 0.25) is 5.95 Å². The van der Waals surface area contributed by atoms with E-state index < -0.39 is 0 Å². The van der Waals surface area contributed by atoms with Crippen LogP contribution in [0.4, 0.5) is 5.95 Å². The zero-order chi connectivity index (χ0) is 18.9. The van der Waals surface area contributed by atoms with Crippen molar-refractivity contribution in [3.05, 3.63) is 48.0 Å². The number of ether oxygens (including phenoxy) is 2. The fraction of sp³-hybridized carbons (Fsp3) is 0.550. The van der Waals surface area contributed by atoms with E-state index in [0.717, 1.165) is 11.4 Å². The van der Waals surface area contributed by atoms with Gasteiger partial charge in [0.1, 0.15) is 12.2 Å². The molecule has 2 saturated heterocycles. The van der Waals surface area contributed by atoms with E-state index in [1.54, 1.807) is 6.20 Å². The quantitative estimate of drug-likeness (QED) is 0.833. The lowest BCUT2D eigenvalue weighted by atomic mass is 9.92. The monoisotopic (exact) mass is 369 g/mol. The van der Waals surface area contributed by atoms with Crippen LogP contribution in [-0.4, -0.2) is 52.5 Å². The van der Waals surface area contributed by atoms with Crippen LogP contribution in [0, 0.1) is 0 Å². The molecule has 7 nitrogen and oxygen atoms in total. The lowest BCUT2D eigenvalue weighted by Crippen LogP contribution is -2.42. The van der Waals surface area contributed by atoms with Crippen molar-refractivity contribution >= 4 is 5.95 Å². The Labute approximate surface area is 159 Å². The summed E-state index contributed by atoms with van der Waals surface area (Å²) in [6, 6.07) is 8.10. The van der Waals surface area contributed by atoms with Crippen LogP contribution in [0.25, 0.3) is 0 Å². The molecular weight excluding hydrogens is 342 g/mol. The Morgan fingerprint density at radius 2 is 1.78 bits per heavy atom. The summed E-state index contributed by atoms with van der Waals surface area (Å²) in [6.45, 7) is 8.35. The second-order valence-electron chi connectivity index (χ2n) is 8.17. The molecule has 0 spiro atoms. The van der Waals surface area contributed by atoms with E-state index in [9.17, 15) is 0 Å². The van der Waals surface area contributed by atoms with E-state index in [1.807, 2.05) is 30.5 Å². The number of anilines is 1. The highest BCUT2D eigenvalue weighted by molar-refractivity contribution is 5.30. The normalized spacial score (nSPS) is 27.5. The van der Waals surface area contributed by atoms with Crippen molar-refractivity contribution in [1.82, 2.24) is 20.3 Å². The van der Waals surface area contributed by atoms with Crippen molar-refractivity contribution in [2.75, 3.05) is 18.5 Å². The van der Waals surface area contributed by atoms with Crippen molar-refractivity contribution in [2.24, 2.45) is 0 Å². The van der Waals surface area contributed by atoms with E-state index in [0.29, 0.717) is 25.7 Å². The highest BCUT2D eigenvalue weighted by atomic mass is 16.6. The Morgan fingerprint density at radius 3 is 2.52 bits per heavy atom. The smallest absolute Gasteiger partial charge is 0.223 e. The Morgan fingerprint density at radius 1 is 1.00 bits per heavy atom. The predicted molar refractivity (Wildman–Crippen MR) is 102 cm³/mol. The van der Waals surface area contributed by atoms with Crippen LogP contribution in [0.5, 0.6) is 0 Å². The molecule has 0 aromatic carbocycles. The van der Waals surface area contributed by atoms with Crippen LogP contribution >= 0.6 is 0 Å². The zero-order valence-electron chi connectivity index (χ0n) is 16.1. The fourth-order valence-electron chi connectivity index (χ4n) is 3.55. The van der Waals surface area contributed by atoms with Gasteiger partial charge in [0.25, 0.3) is 0 Å². The second kappa shape index (κ2) is 7.50. The Bertz CT molecular complexity index is 764. The molecule has 2 aromatic heterocycles. The van der Waals surface area contributed by atoms with Gasteiger partial charge in [-0.3, -0.25) is 4.98 Å². The van der Waals surface area contributed by atoms with Crippen molar-refractivity contribution in [3.63, 3.8) is 0 Å². The summed E-state index contributed by atoms with van der Waals surface area (Å²) in [5.74, 6) is 0.630. The fourth-order valence-corrected chi connectivity index (χ4v) is 3.55. The van der Waals surface area contributed by atoms with Gasteiger partial charge in [-0.05, 0) is 18.2 Å². The van der Waals surface area contributed by atoms with Crippen LogP contribution in [0.1, 0.15) is 32.2 Å². The lowest BCUT2D eigenvalue weighted by Gasteiger charge is -2.21. The number of fused-ring (bicyclic) bond motifs is 1. The molecule has 0 amide bonds. The van der Waals surface area contributed by atoms with Gasteiger partial charge in [-0.2, -0.15) is 0 Å². The first-order valence-electron chi connectivity index (χ1n) is 9.47. The summed E-state index contributed by atoms with van der Waals surface area (Å²) < 4.78 is 12.1. The largest absolute Gasteiger partial charge is 0.371 e. The highest BCUT2D eigenvalue weighted by Gasteiger charge is 2.47. The third-order valence-corrected chi connectivity index (χ3v) is 5.06. The number of nitrogens with zero attached hydrogens (tertiary/aromatic N) is 3. The lowest BCUT2D eigenvalue weighted by molar-refractivity contribution is 0.0674. The SMILES string of the molecule is CC(C)(C)c1ccnc(N[C@H]2CO[C@H]3[C@@H]2OC[C@@H]3NCc2ccccn2)n1. The standard InChI is InChI=1S/C20H27N5O2/c1-20(2,3)16-7-9-22-19(25-16)24-15-12-27-17-14(11-26-18(15)17)23-10-13-6-4-5-8-21-13/h4-9,14-15,17-18,23H,10-12H2,1-3H3,(H,22,24,25)/t14-,15-,17+,18+/m0/s1. The minimum absolute atomic E-state index is 0.00637. The van der Waals surface area contributed by atoms with Gasteiger partial charge >= 0.3 is 0 Å². The van der Waals surface area contributed by atoms with Gasteiger partial charge < -0.3 is 20.1 Å². The molecular formula is C20H27N5O2. The van der Waals surface area contributed by atoms with Gasteiger partial charge in [-0.25, -0.2) is 9.97 Å². The summed E-state index contributed by atoms with van der Waals surface area (Å²) >= 11 is 0. The Hall–Kier alpha value is -2.09. The Kier molecular flexibility index (Phi) is 5.08. The molecule has 0 aliphatic carbocycles. The molecule has 0 saturated carbocycles. The first kappa shape index (κ1) is 18.3. The molecule has 4 heterocycles. The molecule has 2 aliphatic rings. The number of hydrogen-bond donors (Lipinski definition) is 2. The molecule has 2 aromatic rings. The summed E-state index contributed by atoms with van der Waals surface area (Å²) in [5, 5.41) is 6.92. The van der Waals surface area contributed by atoms with Gasteiger partial charge in [-0.15, -0.1) is 0 Å². The molecule has 144 valence electrons. The molecule has 7 heteroatoms. The predicted octanol–water partition coefficient (Wildman–Crippen LogP) is 1.91. The van der Waals surface area contributed by atoms with Crippen molar-refractivity contribution in [3.8, 4) is 0 Å². The average Bonchev–Trinajstić information content (AvgIpc) is 3.24. The van der Waals surface area contributed by atoms with Crippen LogP contribution in [0.15, 0.2) is 36.7 Å². The summed E-state index contributed by atoms with van der Waals surface area (Å²) in [7, 11) is 0. The number of pyridine rings is 1. The van der Waals surface area contributed by atoms with Gasteiger partial charge in [0, 0.05) is 24.4 Å². The number of rotatable bonds is 5. The maximum atomic E-state index is 6.03. The third kappa shape index (κ3) is 4.10. The van der Waals surface area contributed by atoms with Crippen molar-refractivity contribution in [1.29, 1.82) is 0 Å². The topological polar surface area (TPSA) is 81.2 Å². The van der Waals surface area contributed by atoms with Crippen molar-refractivity contribution in [2.45, 2.75) is 57.0 Å². The minimum Gasteiger partial charge on any atom is -0.371 e. The molecule has 4 atom stereocenters. The molecule has 0 unspecified atom stereocenters. The molecule has 4 rings (SSSR count). The van der Waals surface area contributed by atoms with Crippen LogP contribution in [0.3, 0.4) is 0 Å². The highest BCUT2D eigenvalue weighted by Crippen LogP contribution is 2.29. The first-order chi connectivity index (χ1) is 13.0. The third-order valence-electron chi connectivity index (χ3n) is 5.06. The van der Waals surface area contributed by atoms with Gasteiger partial charge in [0.15, 0.2) is 0 Å². The average molecular weight is 369 g/mol. The van der Waals surface area contributed by atoms with Crippen LogP contribution in [0.2, 0.25) is 0 Å². The van der Waals surface area contributed by atoms with Crippen molar-refractivity contribution < 1.29 is 9.47 Å². The van der Waals surface area contributed by atoms with E-state index in [4.69, 9.17) is 9.47 Å². The molecule has 2 fully saturated rings. The first-order valence-corrected chi connectivity index (χ1v) is 9.47. The maximum Gasteiger partial charge on any atom is 0.223 e. The van der Waals surface area contributed by atoms with Crippen LogP contribution < -0.4 is 10.6 Å². The van der Waals surface area contributed by atoms with E-state index in [-0.39, 0.29) is 29.7 Å². The Balaban J connectivity index is 1.36. The second-order valence-corrected chi connectivity index (χ2v) is 8.17. The maximum absolute atomic E-state index is 6.03. The summed E-state index contributed by atoms with van der Waals surface area (Å²) in [5.41, 5.74) is 2.01. The molecule has 2 aliphatic heterocycles.